The summed E-state index contributed by atoms with van der Waals surface area (Å²) in [4.78, 5) is 36.8. The number of nitrogens with one attached hydrogen (secondary N) is 1. The van der Waals surface area contributed by atoms with Crippen LogP contribution in [0.25, 0.3) is 0 Å². The molecule has 0 aromatic carbocycles. The van der Waals surface area contributed by atoms with Crippen molar-refractivity contribution in [2.45, 2.75) is 27.2 Å². The summed E-state index contributed by atoms with van der Waals surface area (Å²) in [5, 5.41) is 11.7. The second-order valence-corrected chi connectivity index (χ2v) is 5.93. The van der Waals surface area contributed by atoms with Gasteiger partial charge in [0.05, 0.1) is 18.6 Å². The van der Waals surface area contributed by atoms with E-state index in [-0.39, 0.29) is 19.6 Å². The minimum Gasteiger partial charge on any atom is -0.481 e. The number of amides is 2. The number of hydrogen-bond acceptors (Lipinski definition) is 5. The minimum absolute atomic E-state index is 0.0826. The van der Waals surface area contributed by atoms with Crippen LogP contribution < -0.4 is 5.32 Å². The molecule has 0 radical (unpaired) electrons. The number of rotatable bonds is 6. The summed E-state index contributed by atoms with van der Waals surface area (Å²) in [6.45, 7) is 5.69. The van der Waals surface area contributed by atoms with Crippen LogP contribution in [0.4, 0.5) is 9.80 Å². The fourth-order valence-corrected chi connectivity index (χ4v) is 2.76. The van der Waals surface area contributed by atoms with Gasteiger partial charge in [-0.05, 0) is 26.3 Å². The zero-order valence-corrected chi connectivity index (χ0v) is 13.9. The molecule has 0 aliphatic carbocycles. The quantitative estimate of drug-likeness (QED) is 0.782. The molecule has 2 N–H and O–H groups in total. The van der Waals surface area contributed by atoms with Gasteiger partial charge in [0.25, 0.3) is 0 Å². The second kappa shape index (κ2) is 7.79. The molecule has 0 aliphatic heterocycles. The van der Waals surface area contributed by atoms with E-state index >= 15 is 0 Å². The molecule has 0 bridgehead atoms. The molecule has 0 unspecified atom stereocenters. The second-order valence-electron chi connectivity index (χ2n) is 4.70. The van der Waals surface area contributed by atoms with Gasteiger partial charge in [-0.15, -0.1) is 11.3 Å². The molecule has 0 atom stereocenters. The molecule has 2 amide bonds. The Balaban J connectivity index is 2.89. The highest BCUT2D eigenvalue weighted by molar-refractivity contribution is 7.16. The van der Waals surface area contributed by atoms with Crippen LogP contribution in [0, 0.1) is 13.8 Å². The average Bonchev–Trinajstić information content (AvgIpc) is 2.71. The van der Waals surface area contributed by atoms with Crippen LogP contribution in [-0.4, -0.2) is 48.2 Å². The Labute approximate surface area is 132 Å². The van der Waals surface area contributed by atoms with E-state index in [2.05, 4.69) is 5.32 Å². The molecule has 0 saturated heterocycles. The zero-order chi connectivity index (χ0) is 16.9. The molecule has 0 fully saturated rings. The smallest absolute Gasteiger partial charge is 0.341 e. The first-order valence-corrected chi connectivity index (χ1v) is 7.60. The number of ether oxygens (including phenoxy) is 1. The highest BCUT2D eigenvalue weighted by atomic mass is 32.1. The monoisotopic (exact) mass is 328 g/mol. The Morgan fingerprint density at radius 1 is 1.32 bits per heavy atom. The van der Waals surface area contributed by atoms with E-state index in [0.717, 1.165) is 10.4 Å². The van der Waals surface area contributed by atoms with E-state index < -0.39 is 18.0 Å². The summed E-state index contributed by atoms with van der Waals surface area (Å²) >= 11 is 1.29. The van der Waals surface area contributed by atoms with Crippen LogP contribution in [0.5, 0.6) is 0 Å². The lowest BCUT2D eigenvalue weighted by Crippen LogP contribution is -2.33. The largest absolute Gasteiger partial charge is 0.481 e. The standard InChI is InChI=1S/C14H20N2O5S/c1-5-21-13(19)11-8(2)9(3)22-12(11)15-14(20)16(4)7-6-10(17)18/h5-7H2,1-4H3,(H,15,20)(H,17,18). The van der Waals surface area contributed by atoms with Crippen molar-refractivity contribution in [1.29, 1.82) is 0 Å². The Morgan fingerprint density at radius 2 is 1.95 bits per heavy atom. The maximum Gasteiger partial charge on any atom is 0.341 e. The highest BCUT2D eigenvalue weighted by Crippen LogP contribution is 2.33. The predicted molar refractivity (Wildman–Crippen MR) is 83.7 cm³/mol. The number of urea groups is 1. The highest BCUT2D eigenvalue weighted by Gasteiger charge is 2.23. The van der Waals surface area contributed by atoms with Gasteiger partial charge in [0.15, 0.2) is 0 Å². The van der Waals surface area contributed by atoms with Crippen molar-refractivity contribution in [1.82, 2.24) is 4.90 Å². The first kappa shape index (κ1) is 18.0. The number of aryl methyl sites for hydroxylation is 1. The van der Waals surface area contributed by atoms with Gasteiger partial charge in [-0.3, -0.25) is 10.1 Å². The van der Waals surface area contributed by atoms with Crippen LogP contribution in [0.3, 0.4) is 0 Å². The number of esters is 1. The lowest BCUT2D eigenvalue weighted by Gasteiger charge is -2.16. The number of nitrogens with zero attached hydrogens (tertiary/aromatic N) is 1. The predicted octanol–water partition coefficient (Wildman–Crippen LogP) is 2.48. The van der Waals surface area contributed by atoms with E-state index in [9.17, 15) is 14.4 Å². The van der Waals surface area contributed by atoms with Gasteiger partial charge in [-0.2, -0.15) is 0 Å². The van der Waals surface area contributed by atoms with Gasteiger partial charge >= 0.3 is 18.0 Å². The van der Waals surface area contributed by atoms with Crippen molar-refractivity contribution in [3.8, 4) is 0 Å². The summed E-state index contributed by atoms with van der Waals surface area (Å²) in [6.07, 6.45) is -0.142. The SMILES string of the molecule is CCOC(=O)c1c(NC(=O)N(C)CCC(=O)O)sc(C)c1C. The van der Waals surface area contributed by atoms with Crippen LogP contribution in [-0.2, 0) is 9.53 Å². The molecule has 1 rings (SSSR count). The number of carbonyl (C=O) groups is 3. The van der Waals surface area contributed by atoms with Gasteiger partial charge in [-0.25, -0.2) is 9.59 Å². The third kappa shape index (κ3) is 4.45. The Bertz CT molecular complexity index is 582. The third-order valence-electron chi connectivity index (χ3n) is 3.09. The summed E-state index contributed by atoms with van der Waals surface area (Å²) < 4.78 is 5.01. The topological polar surface area (TPSA) is 95.9 Å². The number of carboxylic acid groups (broad SMARTS) is 1. The molecule has 122 valence electrons. The van der Waals surface area contributed by atoms with Gasteiger partial charge in [0.2, 0.25) is 0 Å². The fourth-order valence-electron chi connectivity index (χ4n) is 1.72. The van der Waals surface area contributed by atoms with E-state index in [1.807, 2.05) is 6.92 Å². The molecule has 22 heavy (non-hydrogen) atoms. The zero-order valence-electron chi connectivity index (χ0n) is 13.1. The summed E-state index contributed by atoms with van der Waals surface area (Å²) in [5.41, 5.74) is 1.12. The molecular formula is C14H20N2O5S. The van der Waals surface area contributed by atoms with Crippen LogP contribution >= 0.6 is 11.3 Å². The van der Waals surface area contributed by atoms with Crippen LogP contribution in [0.15, 0.2) is 0 Å². The normalized spacial score (nSPS) is 10.2. The fraction of sp³-hybridized carbons (Fsp3) is 0.500. The minimum atomic E-state index is -0.977. The summed E-state index contributed by atoms with van der Waals surface area (Å²) in [6, 6.07) is -0.465. The van der Waals surface area contributed by atoms with Gasteiger partial charge < -0.3 is 14.7 Å². The number of hydrogen-bond donors (Lipinski definition) is 2. The van der Waals surface area contributed by atoms with Crippen LogP contribution in [0.2, 0.25) is 0 Å². The van der Waals surface area contributed by atoms with Crippen molar-refractivity contribution >= 4 is 34.3 Å². The van der Waals surface area contributed by atoms with Crippen molar-refractivity contribution in [2.75, 3.05) is 25.5 Å². The van der Waals surface area contributed by atoms with Crippen molar-refractivity contribution in [3.63, 3.8) is 0 Å². The number of carbonyl (C=O) groups excluding carboxylic acids is 2. The van der Waals surface area contributed by atoms with E-state index in [0.29, 0.717) is 10.6 Å². The molecule has 0 aliphatic rings. The first-order valence-electron chi connectivity index (χ1n) is 6.78. The Morgan fingerprint density at radius 3 is 2.50 bits per heavy atom. The number of thiophene rings is 1. The lowest BCUT2D eigenvalue weighted by atomic mass is 10.1. The third-order valence-corrected chi connectivity index (χ3v) is 4.22. The van der Waals surface area contributed by atoms with Crippen LogP contribution in [0.1, 0.15) is 34.1 Å². The van der Waals surface area contributed by atoms with E-state index in [4.69, 9.17) is 9.84 Å². The average molecular weight is 328 g/mol. The van der Waals surface area contributed by atoms with E-state index in [1.165, 1.54) is 23.3 Å². The molecule has 8 heteroatoms. The first-order chi connectivity index (χ1) is 10.3. The molecule has 1 aromatic rings. The molecular weight excluding hydrogens is 308 g/mol. The molecule has 1 aromatic heterocycles. The number of anilines is 1. The number of aliphatic carboxylic acids is 1. The molecule has 1 heterocycles. The van der Waals surface area contributed by atoms with Crippen molar-refractivity contribution in [2.24, 2.45) is 0 Å². The van der Waals surface area contributed by atoms with E-state index in [1.54, 1.807) is 13.8 Å². The molecule has 0 saturated carbocycles. The van der Waals surface area contributed by atoms with Crippen molar-refractivity contribution in [3.05, 3.63) is 16.0 Å². The maximum atomic E-state index is 12.1. The maximum absolute atomic E-state index is 12.1. The van der Waals surface area contributed by atoms with Gasteiger partial charge in [0, 0.05) is 18.5 Å². The molecule has 7 nitrogen and oxygen atoms in total. The van der Waals surface area contributed by atoms with Gasteiger partial charge in [0.1, 0.15) is 5.00 Å². The molecule has 0 spiro atoms. The Kier molecular flexibility index (Phi) is 6.36. The summed E-state index contributed by atoms with van der Waals surface area (Å²) in [7, 11) is 1.50. The Hall–Kier alpha value is -2.09. The van der Waals surface area contributed by atoms with Crippen molar-refractivity contribution < 1.29 is 24.2 Å². The van der Waals surface area contributed by atoms with Gasteiger partial charge in [-0.1, -0.05) is 0 Å². The summed E-state index contributed by atoms with van der Waals surface area (Å²) in [5.74, 6) is -1.46. The lowest BCUT2D eigenvalue weighted by molar-refractivity contribution is -0.137. The number of carboxylic acids is 1.